The van der Waals surface area contributed by atoms with E-state index in [1.165, 1.54) is 12.1 Å². The molecule has 0 radical (unpaired) electrons. The van der Waals surface area contributed by atoms with Crippen molar-refractivity contribution in [2.24, 2.45) is 0 Å². The molecule has 0 aliphatic rings. The first-order chi connectivity index (χ1) is 10.7. The summed E-state index contributed by atoms with van der Waals surface area (Å²) < 4.78 is 82.0. The van der Waals surface area contributed by atoms with Crippen molar-refractivity contribution in [1.29, 1.82) is 0 Å². The van der Waals surface area contributed by atoms with Crippen LogP contribution in [0.5, 0.6) is 5.75 Å². The van der Waals surface area contributed by atoms with Gasteiger partial charge in [-0.2, -0.15) is 8.78 Å². The molecule has 0 fully saturated rings. The maximum absolute atomic E-state index is 13.6. The van der Waals surface area contributed by atoms with Gasteiger partial charge in [0.1, 0.15) is 22.3 Å². The fourth-order valence-corrected chi connectivity index (χ4v) is 2.96. The van der Waals surface area contributed by atoms with Crippen molar-refractivity contribution >= 4 is 15.7 Å². The van der Waals surface area contributed by atoms with E-state index in [1.54, 1.807) is 6.92 Å². The van der Waals surface area contributed by atoms with E-state index in [9.17, 15) is 26.0 Å². The molecule has 0 atom stereocenters. The number of rotatable bonds is 5. The van der Waals surface area contributed by atoms with Crippen LogP contribution in [-0.4, -0.2) is 15.0 Å². The van der Waals surface area contributed by atoms with Crippen LogP contribution in [0, 0.1) is 18.6 Å². The van der Waals surface area contributed by atoms with Crippen LogP contribution < -0.4 is 9.46 Å². The van der Waals surface area contributed by atoms with Gasteiger partial charge < -0.3 is 4.74 Å². The summed E-state index contributed by atoms with van der Waals surface area (Å²) in [4.78, 5) is -0.943. The second-order valence-corrected chi connectivity index (χ2v) is 6.21. The quantitative estimate of drug-likeness (QED) is 0.838. The van der Waals surface area contributed by atoms with E-state index in [1.807, 2.05) is 4.72 Å². The number of hydrogen-bond acceptors (Lipinski definition) is 3. The van der Waals surface area contributed by atoms with Gasteiger partial charge in [-0.25, -0.2) is 17.2 Å². The molecule has 2 aromatic carbocycles. The molecule has 0 aromatic heterocycles. The van der Waals surface area contributed by atoms with E-state index in [-0.39, 0.29) is 5.69 Å². The minimum absolute atomic E-state index is 0.311. The van der Waals surface area contributed by atoms with Crippen LogP contribution in [0.4, 0.5) is 23.2 Å². The van der Waals surface area contributed by atoms with Crippen molar-refractivity contribution in [1.82, 2.24) is 0 Å². The number of ether oxygens (including phenoxy) is 1. The molecule has 0 unspecified atom stereocenters. The zero-order valence-electron chi connectivity index (χ0n) is 11.7. The summed E-state index contributed by atoms with van der Waals surface area (Å²) >= 11 is 0. The molecule has 0 amide bonds. The van der Waals surface area contributed by atoms with Gasteiger partial charge in [0.25, 0.3) is 10.0 Å². The number of sulfonamides is 1. The molecule has 2 aromatic rings. The van der Waals surface area contributed by atoms with Crippen molar-refractivity contribution in [2.75, 3.05) is 4.72 Å². The lowest BCUT2D eigenvalue weighted by molar-refractivity contribution is -0.0493. The molecule has 1 N–H and O–H groups in total. The van der Waals surface area contributed by atoms with E-state index in [0.29, 0.717) is 17.7 Å². The van der Waals surface area contributed by atoms with Crippen molar-refractivity contribution in [3.8, 4) is 5.75 Å². The highest BCUT2D eigenvalue weighted by atomic mass is 32.2. The van der Waals surface area contributed by atoms with E-state index < -0.39 is 38.9 Å². The lowest BCUT2D eigenvalue weighted by Gasteiger charge is -2.14. The second kappa shape index (κ2) is 6.45. The summed E-state index contributed by atoms with van der Waals surface area (Å²) in [6.45, 7) is -1.58. The number of halogens is 4. The third-order valence-corrected chi connectivity index (χ3v) is 4.16. The first kappa shape index (κ1) is 17.1. The smallest absolute Gasteiger partial charge is 0.387 e. The molecule has 0 spiro atoms. The Bertz CT molecular complexity index is 825. The topological polar surface area (TPSA) is 55.4 Å². The van der Waals surface area contributed by atoms with Crippen LogP contribution in [0.25, 0.3) is 0 Å². The minimum atomic E-state index is -4.53. The molecular formula is C14H11F4NO3S. The number of alkyl halides is 2. The van der Waals surface area contributed by atoms with Crippen LogP contribution in [-0.2, 0) is 10.0 Å². The first-order valence-corrected chi connectivity index (χ1v) is 7.71. The molecule has 0 heterocycles. The molecular weight excluding hydrogens is 338 g/mol. The van der Waals surface area contributed by atoms with Gasteiger partial charge in [-0.15, -0.1) is 0 Å². The highest BCUT2D eigenvalue weighted by Crippen LogP contribution is 2.30. The number of benzene rings is 2. The molecule has 0 bridgehead atoms. The molecule has 0 aliphatic heterocycles. The SMILES string of the molecule is Cc1ccc(OC(F)F)c(NS(=O)(=O)c2cc(F)ccc2F)c1. The van der Waals surface area contributed by atoms with Gasteiger partial charge in [0.15, 0.2) is 0 Å². The largest absolute Gasteiger partial charge is 0.433 e. The lowest BCUT2D eigenvalue weighted by Crippen LogP contribution is -2.16. The highest BCUT2D eigenvalue weighted by Gasteiger charge is 2.22. The molecule has 9 heteroatoms. The number of aryl methyl sites for hydroxylation is 1. The van der Waals surface area contributed by atoms with Crippen molar-refractivity contribution in [3.63, 3.8) is 0 Å². The first-order valence-electron chi connectivity index (χ1n) is 6.22. The molecule has 0 saturated heterocycles. The number of anilines is 1. The van der Waals surface area contributed by atoms with Crippen LogP contribution in [0.1, 0.15) is 5.56 Å². The molecule has 0 aliphatic carbocycles. The Kier molecular flexibility index (Phi) is 4.79. The van der Waals surface area contributed by atoms with Crippen LogP contribution in [0.2, 0.25) is 0 Å². The Morgan fingerprint density at radius 2 is 1.78 bits per heavy atom. The van der Waals surface area contributed by atoms with Gasteiger partial charge in [0.05, 0.1) is 5.69 Å². The zero-order valence-corrected chi connectivity index (χ0v) is 12.5. The van der Waals surface area contributed by atoms with Gasteiger partial charge in [-0.3, -0.25) is 4.72 Å². The minimum Gasteiger partial charge on any atom is -0.433 e. The summed E-state index contributed by atoms with van der Waals surface area (Å²) in [6.07, 6.45) is 0. The zero-order chi connectivity index (χ0) is 17.2. The Morgan fingerprint density at radius 1 is 1.09 bits per heavy atom. The summed E-state index contributed by atoms with van der Waals surface area (Å²) in [7, 11) is -4.53. The Balaban J connectivity index is 2.44. The summed E-state index contributed by atoms with van der Waals surface area (Å²) in [5.74, 6) is -2.58. The fourth-order valence-electron chi connectivity index (χ4n) is 1.81. The predicted molar refractivity (Wildman–Crippen MR) is 75.0 cm³/mol. The maximum Gasteiger partial charge on any atom is 0.387 e. The standard InChI is InChI=1S/C14H11F4NO3S/c1-8-2-5-12(22-14(17)18)11(6-8)19-23(20,21)13-7-9(15)3-4-10(13)16/h2-7,14,19H,1H3. The summed E-state index contributed by atoms with van der Waals surface area (Å²) in [5, 5.41) is 0. The van der Waals surface area contributed by atoms with Crippen LogP contribution in [0.3, 0.4) is 0 Å². The van der Waals surface area contributed by atoms with E-state index in [2.05, 4.69) is 4.74 Å². The fraction of sp³-hybridized carbons (Fsp3) is 0.143. The predicted octanol–water partition coefficient (Wildman–Crippen LogP) is 3.68. The van der Waals surface area contributed by atoms with E-state index in [4.69, 9.17) is 0 Å². The maximum atomic E-state index is 13.6. The Hall–Kier alpha value is -2.29. The van der Waals surface area contributed by atoms with Crippen molar-refractivity contribution in [3.05, 3.63) is 53.6 Å². The third kappa shape index (κ3) is 4.13. The van der Waals surface area contributed by atoms with Gasteiger partial charge in [-0.1, -0.05) is 6.07 Å². The number of nitrogens with one attached hydrogen (secondary N) is 1. The molecule has 23 heavy (non-hydrogen) atoms. The normalized spacial score (nSPS) is 11.6. The monoisotopic (exact) mass is 349 g/mol. The van der Waals surface area contributed by atoms with Gasteiger partial charge in [-0.05, 0) is 42.8 Å². The van der Waals surface area contributed by atoms with Gasteiger partial charge >= 0.3 is 6.61 Å². The molecule has 124 valence electrons. The van der Waals surface area contributed by atoms with Gasteiger partial charge in [0.2, 0.25) is 0 Å². The molecule has 2 rings (SSSR count). The highest BCUT2D eigenvalue weighted by molar-refractivity contribution is 7.92. The van der Waals surface area contributed by atoms with Gasteiger partial charge in [0, 0.05) is 0 Å². The molecule has 0 saturated carbocycles. The van der Waals surface area contributed by atoms with Crippen LogP contribution >= 0.6 is 0 Å². The van der Waals surface area contributed by atoms with Crippen LogP contribution in [0.15, 0.2) is 41.3 Å². The Morgan fingerprint density at radius 3 is 2.43 bits per heavy atom. The lowest BCUT2D eigenvalue weighted by atomic mass is 10.2. The van der Waals surface area contributed by atoms with E-state index in [0.717, 1.165) is 12.1 Å². The summed E-state index contributed by atoms with van der Waals surface area (Å²) in [5.41, 5.74) is 0.234. The second-order valence-electron chi connectivity index (χ2n) is 4.56. The summed E-state index contributed by atoms with van der Waals surface area (Å²) in [6, 6.07) is 5.69. The Labute approximate surface area is 129 Å². The van der Waals surface area contributed by atoms with Crippen molar-refractivity contribution < 1.29 is 30.7 Å². The average Bonchev–Trinajstić information content (AvgIpc) is 2.43. The molecule has 4 nitrogen and oxygen atoms in total. The van der Waals surface area contributed by atoms with E-state index >= 15 is 0 Å². The third-order valence-electron chi connectivity index (χ3n) is 2.78. The number of hydrogen-bond donors (Lipinski definition) is 1. The van der Waals surface area contributed by atoms with Crippen molar-refractivity contribution in [2.45, 2.75) is 18.4 Å². The average molecular weight is 349 g/mol.